The molecular weight excluding hydrogens is 252 g/mol. The maximum atomic E-state index is 12.2. The quantitative estimate of drug-likeness (QED) is 0.840. The predicted molar refractivity (Wildman–Crippen MR) is 63.5 cm³/mol. The number of hydrogen-bond acceptors (Lipinski definition) is 5. The molecule has 7 heteroatoms. The third-order valence-electron chi connectivity index (χ3n) is 2.97. The number of carboxylic acid groups (broad SMARTS) is 1. The summed E-state index contributed by atoms with van der Waals surface area (Å²) in [5, 5.41) is 12.6. The topological polar surface area (TPSA) is 92.9 Å². The van der Waals surface area contributed by atoms with Gasteiger partial charge in [-0.1, -0.05) is 5.16 Å². The molecule has 1 unspecified atom stereocenters. The smallest absolute Gasteiger partial charge is 0.305 e. The lowest BCUT2D eigenvalue weighted by Gasteiger charge is -2.34. The molecule has 19 heavy (non-hydrogen) atoms. The fraction of sp³-hybridized carbons (Fsp3) is 0.583. The molecule has 0 saturated carbocycles. The number of aromatic nitrogens is 1. The van der Waals surface area contributed by atoms with Crippen molar-refractivity contribution < 1.29 is 24.0 Å². The monoisotopic (exact) mass is 268 g/mol. The Hall–Kier alpha value is -1.89. The van der Waals surface area contributed by atoms with Gasteiger partial charge >= 0.3 is 5.97 Å². The number of ether oxygens (including phenoxy) is 1. The van der Waals surface area contributed by atoms with Crippen molar-refractivity contribution in [2.75, 3.05) is 19.8 Å². The summed E-state index contributed by atoms with van der Waals surface area (Å²) in [6.45, 7) is 2.85. The van der Waals surface area contributed by atoms with Gasteiger partial charge < -0.3 is 19.3 Å². The molecule has 1 amide bonds. The first-order valence-electron chi connectivity index (χ1n) is 6.07. The van der Waals surface area contributed by atoms with Crippen LogP contribution in [0.25, 0.3) is 0 Å². The largest absolute Gasteiger partial charge is 0.481 e. The van der Waals surface area contributed by atoms with Gasteiger partial charge in [0.05, 0.1) is 37.8 Å². The van der Waals surface area contributed by atoms with Gasteiger partial charge in [0.25, 0.3) is 0 Å². The van der Waals surface area contributed by atoms with E-state index in [1.807, 2.05) is 0 Å². The maximum absolute atomic E-state index is 12.2. The Balaban J connectivity index is 2.00. The first-order valence-corrected chi connectivity index (χ1v) is 6.07. The number of hydrogen-bond donors (Lipinski definition) is 1. The molecule has 0 bridgehead atoms. The molecule has 7 nitrogen and oxygen atoms in total. The number of carbonyl (C=O) groups is 2. The summed E-state index contributed by atoms with van der Waals surface area (Å²) < 4.78 is 10.1. The van der Waals surface area contributed by atoms with Crippen LogP contribution in [0.5, 0.6) is 0 Å². The van der Waals surface area contributed by atoms with Crippen molar-refractivity contribution in [1.29, 1.82) is 0 Å². The second-order valence-corrected chi connectivity index (χ2v) is 4.52. The summed E-state index contributed by atoms with van der Waals surface area (Å²) in [6, 6.07) is 1.29. The molecule has 0 aromatic carbocycles. The number of carboxylic acids is 1. The Kier molecular flexibility index (Phi) is 4.16. The number of aliphatic carboxylic acids is 1. The molecule has 0 spiro atoms. The Morgan fingerprint density at radius 2 is 2.37 bits per heavy atom. The fourth-order valence-corrected chi connectivity index (χ4v) is 2.11. The Labute approximate surface area is 110 Å². The highest BCUT2D eigenvalue weighted by Crippen LogP contribution is 2.13. The van der Waals surface area contributed by atoms with Gasteiger partial charge in [-0.05, 0) is 6.92 Å². The number of nitrogens with zero attached hydrogens (tertiary/aromatic N) is 2. The molecule has 1 aromatic rings. The van der Waals surface area contributed by atoms with E-state index in [1.54, 1.807) is 17.9 Å². The van der Waals surface area contributed by atoms with Crippen LogP contribution in [-0.4, -0.2) is 52.8 Å². The summed E-state index contributed by atoms with van der Waals surface area (Å²) in [5.74, 6) is -0.444. The molecule has 1 fully saturated rings. The number of morpholine rings is 1. The average Bonchev–Trinajstić information content (AvgIpc) is 2.74. The zero-order chi connectivity index (χ0) is 13.8. The molecule has 2 rings (SSSR count). The van der Waals surface area contributed by atoms with E-state index in [9.17, 15) is 9.59 Å². The van der Waals surface area contributed by atoms with Crippen LogP contribution >= 0.6 is 0 Å². The standard InChI is InChI=1S/C12H16N2O5/c1-8-4-9(13-19-8)5-11(15)14-2-3-18-7-10(14)6-12(16)17/h4,10H,2-3,5-7H2,1H3,(H,16,17). The van der Waals surface area contributed by atoms with Crippen molar-refractivity contribution in [3.8, 4) is 0 Å². The lowest BCUT2D eigenvalue weighted by atomic mass is 10.1. The van der Waals surface area contributed by atoms with E-state index in [1.165, 1.54) is 0 Å². The number of amides is 1. The van der Waals surface area contributed by atoms with Gasteiger partial charge in [0.2, 0.25) is 5.91 Å². The second kappa shape index (κ2) is 5.83. The second-order valence-electron chi connectivity index (χ2n) is 4.52. The SMILES string of the molecule is Cc1cc(CC(=O)N2CCOCC2CC(=O)O)no1. The maximum Gasteiger partial charge on any atom is 0.305 e. The molecule has 1 aliphatic rings. The van der Waals surface area contributed by atoms with E-state index in [4.69, 9.17) is 14.4 Å². The van der Waals surface area contributed by atoms with Crippen molar-refractivity contribution >= 4 is 11.9 Å². The highest BCUT2D eigenvalue weighted by molar-refractivity contribution is 5.79. The van der Waals surface area contributed by atoms with Crippen molar-refractivity contribution in [2.45, 2.75) is 25.8 Å². The van der Waals surface area contributed by atoms with Gasteiger partial charge in [-0.25, -0.2) is 0 Å². The first kappa shape index (κ1) is 13.5. The molecule has 0 aliphatic carbocycles. The highest BCUT2D eigenvalue weighted by Gasteiger charge is 2.29. The minimum Gasteiger partial charge on any atom is -0.481 e. The van der Waals surface area contributed by atoms with E-state index in [0.717, 1.165) is 0 Å². The van der Waals surface area contributed by atoms with Crippen LogP contribution in [0.4, 0.5) is 0 Å². The first-order chi connectivity index (χ1) is 9.06. The van der Waals surface area contributed by atoms with E-state index < -0.39 is 12.0 Å². The summed E-state index contributed by atoms with van der Waals surface area (Å²) in [4.78, 5) is 24.5. The van der Waals surface area contributed by atoms with Gasteiger partial charge in [-0.15, -0.1) is 0 Å². The average molecular weight is 268 g/mol. The molecule has 0 radical (unpaired) electrons. The zero-order valence-corrected chi connectivity index (χ0v) is 10.7. The Morgan fingerprint density at radius 1 is 1.58 bits per heavy atom. The van der Waals surface area contributed by atoms with E-state index >= 15 is 0 Å². The van der Waals surface area contributed by atoms with Crippen LogP contribution in [0.15, 0.2) is 10.6 Å². The lowest BCUT2D eigenvalue weighted by Crippen LogP contribution is -2.50. The van der Waals surface area contributed by atoms with Crippen molar-refractivity contribution in [3.05, 3.63) is 17.5 Å². The van der Waals surface area contributed by atoms with Crippen LogP contribution in [0.3, 0.4) is 0 Å². The molecule has 1 aliphatic heterocycles. The summed E-state index contributed by atoms with van der Waals surface area (Å²) in [6.07, 6.45) is 0.0110. The molecular formula is C12H16N2O5. The molecule has 104 valence electrons. The fourth-order valence-electron chi connectivity index (χ4n) is 2.11. The number of aryl methyl sites for hydroxylation is 1. The van der Waals surface area contributed by atoms with E-state index in [-0.39, 0.29) is 25.4 Å². The summed E-state index contributed by atoms with van der Waals surface area (Å²) in [5.41, 5.74) is 0.558. The molecule has 2 heterocycles. The van der Waals surface area contributed by atoms with Crippen LogP contribution in [-0.2, 0) is 20.7 Å². The summed E-state index contributed by atoms with van der Waals surface area (Å²) >= 11 is 0. The van der Waals surface area contributed by atoms with Crippen LogP contribution in [0.2, 0.25) is 0 Å². The third-order valence-corrected chi connectivity index (χ3v) is 2.97. The molecule has 1 atom stereocenters. The number of rotatable bonds is 4. The van der Waals surface area contributed by atoms with E-state index in [2.05, 4.69) is 5.16 Å². The van der Waals surface area contributed by atoms with Crippen LogP contribution < -0.4 is 0 Å². The lowest BCUT2D eigenvalue weighted by molar-refractivity contribution is -0.145. The van der Waals surface area contributed by atoms with Gasteiger partial charge in [0.15, 0.2) is 0 Å². The Morgan fingerprint density at radius 3 is 3.00 bits per heavy atom. The molecule has 1 N–H and O–H groups in total. The van der Waals surface area contributed by atoms with Gasteiger partial charge in [-0.2, -0.15) is 0 Å². The minimum atomic E-state index is -0.939. The summed E-state index contributed by atoms with van der Waals surface area (Å²) in [7, 11) is 0. The molecule has 1 aromatic heterocycles. The van der Waals surface area contributed by atoms with Gasteiger partial charge in [-0.3, -0.25) is 9.59 Å². The van der Waals surface area contributed by atoms with E-state index in [0.29, 0.717) is 24.6 Å². The highest BCUT2D eigenvalue weighted by atomic mass is 16.5. The third kappa shape index (κ3) is 3.54. The van der Waals surface area contributed by atoms with Crippen LogP contribution in [0.1, 0.15) is 17.9 Å². The van der Waals surface area contributed by atoms with Crippen molar-refractivity contribution in [3.63, 3.8) is 0 Å². The van der Waals surface area contributed by atoms with Crippen molar-refractivity contribution in [2.24, 2.45) is 0 Å². The minimum absolute atomic E-state index is 0.108. The van der Waals surface area contributed by atoms with Gasteiger partial charge in [0.1, 0.15) is 5.76 Å². The van der Waals surface area contributed by atoms with Crippen LogP contribution in [0, 0.1) is 6.92 Å². The van der Waals surface area contributed by atoms with Crippen molar-refractivity contribution in [1.82, 2.24) is 10.1 Å². The number of carbonyl (C=O) groups excluding carboxylic acids is 1. The molecule has 1 saturated heterocycles. The normalized spacial score (nSPS) is 19.4. The van der Waals surface area contributed by atoms with Gasteiger partial charge in [0, 0.05) is 12.6 Å². The Bertz CT molecular complexity index is 470. The predicted octanol–water partition coefficient (Wildman–Crippen LogP) is 0.228. The zero-order valence-electron chi connectivity index (χ0n) is 10.7.